The number of carboxylic acid groups (broad SMARTS) is 1. The second-order valence-electron chi connectivity index (χ2n) is 3.80. The van der Waals surface area contributed by atoms with E-state index in [1.54, 1.807) is 0 Å². The first-order chi connectivity index (χ1) is 8.65. The van der Waals surface area contributed by atoms with Crippen LogP contribution in [0.2, 0.25) is 0 Å². The average Bonchev–Trinajstić information content (AvgIpc) is 2.27. The zero-order valence-corrected chi connectivity index (χ0v) is 10.8. The number of hydrogen-bond acceptors (Lipinski definition) is 5. The monoisotopic (exact) mass is 287 g/mol. The van der Waals surface area contributed by atoms with E-state index < -0.39 is 27.9 Å². The first-order valence-corrected chi connectivity index (χ1v) is 6.58. The molecule has 6 N–H and O–H groups in total. The highest BCUT2D eigenvalue weighted by Gasteiger charge is 2.23. The molecular formula is C10H13N3O5S. The van der Waals surface area contributed by atoms with E-state index in [2.05, 4.69) is 0 Å². The summed E-state index contributed by atoms with van der Waals surface area (Å²) in [5.74, 6) is -2.07. The predicted molar refractivity (Wildman–Crippen MR) is 66.8 cm³/mol. The van der Waals surface area contributed by atoms with Crippen LogP contribution in [0.25, 0.3) is 0 Å². The minimum absolute atomic E-state index is 0.139. The van der Waals surface area contributed by atoms with Crippen molar-refractivity contribution in [2.24, 2.45) is 5.73 Å². The number of sulfonamides is 1. The summed E-state index contributed by atoms with van der Waals surface area (Å²) >= 11 is 0. The molecule has 0 spiro atoms. The van der Waals surface area contributed by atoms with E-state index >= 15 is 0 Å². The lowest BCUT2D eigenvalue weighted by Crippen LogP contribution is -2.42. The van der Waals surface area contributed by atoms with E-state index in [1.807, 2.05) is 4.72 Å². The van der Waals surface area contributed by atoms with Crippen molar-refractivity contribution in [3.63, 3.8) is 0 Å². The maximum atomic E-state index is 11.9. The molecule has 1 aromatic carbocycles. The number of nitrogens with two attached hydrogens (primary N) is 2. The highest BCUT2D eigenvalue weighted by molar-refractivity contribution is 7.89. The second kappa shape index (κ2) is 5.24. The number of amides is 1. The number of carbonyl (C=O) groups is 2. The number of rotatable bonds is 5. The summed E-state index contributed by atoms with van der Waals surface area (Å²) in [6.45, 7) is 1.28. The fourth-order valence-electron chi connectivity index (χ4n) is 1.28. The van der Waals surface area contributed by atoms with Gasteiger partial charge >= 0.3 is 5.97 Å². The number of nitrogen functional groups attached to an aromatic ring is 1. The predicted octanol–water partition coefficient (Wildman–Crippen LogP) is -0.881. The van der Waals surface area contributed by atoms with E-state index in [9.17, 15) is 18.0 Å². The Bertz CT molecular complexity index is 626. The number of carbonyl (C=O) groups excluding carboxylic acids is 1. The van der Waals surface area contributed by atoms with Gasteiger partial charge in [0.15, 0.2) is 0 Å². The van der Waals surface area contributed by atoms with Gasteiger partial charge in [-0.3, -0.25) is 4.79 Å². The van der Waals surface area contributed by atoms with Gasteiger partial charge in [0, 0.05) is 0 Å². The molecule has 0 aliphatic rings. The van der Waals surface area contributed by atoms with Crippen LogP contribution in [0.4, 0.5) is 5.69 Å². The first-order valence-electron chi connectivity index (χ1n) is 5.09. The molecule has 19 heavy (non-hydrogen) atoms. The van der Waals surface area contributed by atoms with Gasteiger partial charge < -0.3 is 16.6 Å². The van der Waals surface area contributed by atoms with E-state index in [-0.39, 0.29) is 16.1 Å². The molecule has 9 heteroatoms. The average molecular weight is 287 g/mol. The first kappa shape index (κ1) is 14.9. The molecule has 0 fully saturated rings. The molecular weight excluding hydrogens is 274 g/mol. The molecule has 0 saturated heterocycles. The Balaban J connectivity index is 3.16. The maximum Gasteiger partial charge on any atom is 0.335 e. The van der Waals surface area contributed by atoms with Crippen LogP contribution in [0.1, 0.15) is 17.3 Å². The van der Waals surface area contributed by atoms with Gasteiger partial charge in [-0.05, 0) is 25.1 Å². The quantitative estimate of drug-likeness (QED) is 0.516. The molecule has 0 radical (unpaired) electrons. The second-order valence-corrected chi connectivity index (χ2v) is 5.49. The SMILES string of the molecule is CC(NS(=O)(=O)c1ccc(C(=O)O)cc1N)C(N)=O. The normalized spacial score (nSPS) is 12.9. The van der Waals surface area contributed by atoms with E-state index in [0.717, 1.165) is 18.2 Å². The van der Waals surface area contributed by atoms with Crippen molar-refractivity contribution in [3.8, 4) is 0 Å². The summed E-state index contributed by atoms with van der Waals surface area (Å²) in [5.41, 5.74) is 10.1. The molecule has 0 heterocycles. The van der Waals surface area contributed by atoms with Gasteiger partial charge in [-0.15, -0.1) is 0 Å². The Morgan fingerprint density at radius 2 is 1.95 bits per heavy atom. The molecule has 1 unspecified atom stereocenters. The van der Waals surface area contributed by atoms with Gasteiger partial charge in [-0.25, -0.2) is 13.2 Å². The topological polar surface area (TPSA) is 153 Å². The molecule has 1 amide bonds. The molecule has 1 rings (SSSR count). The van der Waals surface area contributed by atoms with Gasteiger partial charge in [-0.2, -0.15) is 4.72 Å². The summed E-state index contributed by atoms with van der Waals surface area (Å²) in [6, 6.07) is 2.06. The summed E-state index contributed by atoms with van der Waals surface area (Å²) in [5, 5.41) is 8.74. The van der Waals surface area contributed by atoms with Crippen LogP contribution in [0.5, 0.6) is 0 Å². The van der Waals surface area contributed by atoms with Crippen LogP contribution < -0.4 is 16.2 Å². The third-order valence-corrected chi connectivity index (χ3v) is 3.92. The van der Waals surface area contributed by atoms with Crippen LogP contribution in [-0.2, 0) is 14.8 Å². The molecule has 8 nitrogen and oxygen atoms in total. The minimum atomic E-state index is -4.05. The van der Waals surface area contributed by atoms with Crippen molar-refractivity contribution in [2.75, 3.05) is 5.73 Å². The van der Waals surface area contributed by atoms with Crippen LogP contribution in [0, 0.1) is 0 Å². The van der Waals surface area contributed by atoms with Crippen LogP contribution >= 0.6 is 0 Å². The molecule has 0 aliphatic heterocycles. The van der Waals surface area contributed by atoms with Gasteiger partial charge in [0.2, 0.25) is 15.9 Å². The van der Waals surface area contributed by atoms with Crippen molar-refractivity contribution in [1.82, 2.24) is 4.72 Å². The maximum absolute atomic E-state index is 11.9. The largest absolute Gasteiger partial charge is 0.478 e. The van der Waals surface area contributed by atoms with Crippen molar-refractivity contribution in [3.05, 3.63) is 23.8 Å². The fraction of sp³-hybridized carbons (Fsp3) is 0.200. The van der Waals surface area contributed by atoms with Crippen LogP contribution in [0.15, 0.2) is 23.1 Å². The number of carboxylic acids is 1. The highest BCUT2D eigenvalue weighted by Crippen LogP contribution is 2.20. The summed E-state index contributed by atoms with van der Waals surface area (Å²) in [4.78, 5) is 21.2. The third kappa shape index (κ3) is 3.42. The summed E-state index contributed by atoms with van der Waals surface area (Å²) < 4.78 is 25.8. The number of nitrogens with one attached hydrogen (secondary N) is 1. The lowest BCUT2D eigenvalue weighted by molar-refractivity contribution is -0.119. The van der Waals surface area contributed by atoms with E-state index in [4.69, 9.17) is 16.6 Å². The van der Waals surface area contributed by atoms with Gasteiger partial charge in [0.1, 0.15) is 4.90 Å². The Hall–Kier alpha value is -2.13. The molecule has 104 valence electrons. The number of hydrogen-bond donors (Lipinski definition) is 4. The number of aromatic carboxylic acids is 1. The number of primary amides is 1. The number of benzene rings is 1. The van der Waals surface area contributed by atoms with Crippen LogP contribution in [0.3, 0.4) is 0 Å². The van der Waals surface area contributed by atoms with Crippen molar-refractivity contribution in [2.45, 2.75) is 17.9 Å². The van der Waals surface area contributed by atoms with Gasteiger partial charge in [0.25, 0.3) is 0 Å². The summed E-state index contributed by atoms with van der Waals surface area (Å²) in [6.07, 6.45) is 0. The molecule has 0 aromatic heterocycles. The highest BCUT2D eigenvalue weighted by atomic mass is 32.2. The Morgan fingerprint density at radius 1 is 1.37 bits per heavy atom. The third-order valence-electron chi connectivity index (χ3n) is 2.30. The lowest BCUT2D eigenvalue weighted by Gasteiger charge is -2.12. The van der Waals surface area contributed by atoms with Gasteiger partial charge in [0.05, 0.1) is 17.3 Å². The molecule has 0 bridgehead atoms. The minimum Gasteiger partial charge on any atom is -0.478 e. The standard InChI is InChI=1S/C10H13N3O5S/c1-5(9(12)14)13-19(17,18)8-3-2-6(10(15)16)4-7(8)11/h2-5,13H,11H2,1H3,(H2,12,14)(H,15,16). The fourth-order valence-corrected chi connectivity index (χ4v) is 2.61. The smallest absolute Gasteiger partial charge is 0.335 e. The Morgan fingerprint density at radius 3 is 2.37 bits per heavy atom. The zero-order chi connectivity index (χ0) is 14.8. The van der Waals surface area contributed by atoms with E-state index in [0.29, 0.717) is 0 Å². The van der Waals surface area contributed by atoms with Crippen molar-refractivity contribution >= 4 is 27.6 Å². The van der Waals surface area contributed by atoms with E-state index in [1.165, 1.54) is 6.92 Å². The molecule has 1 atom stereocenters. The molecule has 0 saturated carbocycles. The Labute approximate surface area is 109 Å². The molecule has 0 aliphatic carbocycles. The van der Waals surface area contributed by atoms with Crippen molar-refractivity contribution < 1.29 is 23.1 Å². The summed E-state index contributed by atoms with van der Waals surface area (Å²) in [7, 11) is -4.05. The zero-order valence-electron chi connectivity index (χ0n) is 9.95. The number of anilines is 1. The van der Waals surface area contributed by atoms with Gasteiger partial charge in [-0.1, -0.05) is 0 Å². The molecule has 1 aromatic rings. The van der Waals surface area contributed by atoms with Crippen LogP contribution in [-0.4, -0.2) is 31.4 Å². The Kier molecular flexibility index (Phi) is 4.12. The van der Waals surface area contributed by atoms with Crippen molar-refractivity contribution in [1.29, 1.82) is 0 Å². The lowest BCUT2D eigenvalue weighted by atomic mass is 10.2.